The summed E-state index contributed by atoms with van der Waals surface area (Å²) in [5, 5.41) is 10.3. The first-order valence-electron chi connectivity index (χ1n) is 6.73. The summed E-state index contributed by atoms with van der Waals surface area (Å²) in [7, 11) is 0. The van der Waals surface area contributed by atoms with Crippen LogP contribution in [0.25, 0.3) is 0 Å². The molecule has 0 saturated heterocycles. The number of fused-ring (bicyclic) bond motifs is 1. The average molecular weight is 273 g/mol. The zero-order chi connectivity index (χ0) is 13.1. The number of hydrogen-bond acceptors (Lipinski definition) is 4. The van der Waals surface area contributed by atoms with Crippen molar-refractivity contribution in [2.24, 2.45) is 0 Å². The molecule has 1 atom stereocenters. The molecule has 1 aliphatic rings. The van der Waals surface area contributed by atoms with Crippen molar-refractivity contribution in [1.82, 2.24) is 15.6 Å². The van der Waals surface area contributed by atoms with Crippen molar-refractivity contribution in [2.75, 3.05) is 13.1 Å². The first kappa shape index (κ1) is 12.8. The largest absolute Gasteiger partial charge is 0.312 e. The Kier molecular flexibility index (Phi) is 3.92. The fourth-order valence-electron chi connectivity index (χ4n) is 2.60. The molecule has 0 fully saturated rings. The fraction of sp³-hybridized carbons (Fsp3) is 0.400. The number of hydrogen-bond donors (Lipinski definition) is 2. The van der Waals surface area contributed by atoms with Gasteiger partial charge in [-0.25, -0.2) is 4.98 Å². The monoisotopic (exact) mass is 273 g/mol. The predicted molar refractivity (Wildman–Crippen MR) is 79.4 cm³/mol. The molecule has 0 saturated carbocycles. The van der Waals surface area contributed by atoms with Gasteiger partial charge >= 0.3 is 0 Å². The van der Waals surface area contributed by atoms with Gasteiger partial charge in [0, 0.05) is 43.2 Å². The summed E-state index contributed by atoms with van der Waals surface area (Å²) in [5.74, 6) is 0.561. The standard InChI is InChI=1S/C15H19N3S/c1-11-10-19-15(18-11)9-17-8-13-7-16-6-12-4-2-3-5-14(12)13/h2-5,10,13,16-17H,6-9H2,1H3. The molecular weight excluding hydrogens is 254 g/mol. The highest BCUT2D eigenvalue weighted by molar-refractivity contribution is 7.09. The van der Waals surface area contributed by atoms with Crippen molar-refractivity contribution in [2.45, 2.75) is 25.9 Å². The highest BCUT2D eigenvalue weighted by Gasteiger charge is 2.18. The number of nitrogens with one attached hydrogen (secondary N) is 2. The lowest BCUT2D eigenvalue weighted by atomic mass is 9.91. The Morgan fingerprint density at radius 1 is 1.42 bits per heavy atom. The molecule has 0 amide bonds. The van der Waals surface area contributed by atoms with E-state index in [2.05, 4.69) is 45.3 Å². The second-order valence-electron chi connectivity index (χ2n) is 5.04. The van der Waals surface area contributed by atoms with Gasteiger partial charge in [-0.15, -0.1) is 11.3 Å². The lowest BCUT2D eigenvalue weighted by molar-refractivity contribution is 0.502. The van der Waals surface area contributed by atoms with Gasteiger partial charge < -0.3 is 10.6 Å². The Morgan fingerprint density at radius 3 is 3.16 bits per heavy atom. The van der Waals surface area contributed by atoms with Crippen LogP contribution in [0.1, 0.15) is 27.7 Å². The minimum Gasteiger partial charge on any atom is -0.312 e. The summed E-state index contributed by atoms with van der Waals surface area (Å²) in [6.07, 6.45) is 0. The van der Waals surface area contributed by atoms with Crippen LogP contribution >= 0.6 is 11.3 Å². The van der Waals surface area contributed by atoms with Crippen molar-refractivity contribution < 1.29 is 0 Å². The summed E-state index contributed by atoms with van der Waals surface area (Å²) in [6.45, 7) is 5.97. The molecule has 2 heterocycles. The normalized spacial score (nSPS) is 18.3. The second kappa shape index (κ2) is 5.82. The van der Waals surface area contributed by atoms with E-state index in [-0.39, 0.29) is 0 Å². The van der Waals surface area contributed by atoms with Gasteiger partial charge in [-0.05, 0) is 18.1 Å². The highest BCUT2D eigenvalue weighted by atomic mass is 32.1. The molecule has 3 rings (SSSR count). The lowest BCUT2D eigenvalue weighted by Gasteiger charge is -2.26. The van der Waals surface area contributed by atoms with Gasteiger partial charge in [0.1, 0.15) is 5.01 Å². The van der Waals surface area contributed by atoms with E-state index >= 15 is 0 Å². The topological polar surface area (TPSA) is 37.0 Å². The van der Waals surface area contributed by atoms with E-state index in [9.17, 15) is 0 Å². The van der Waals surface area contributed by atoms with Gasteiger partial charge in [-0.1, -0.05) is 24.3 Å². The van der Waals surface area contributed by atoms with E-state index in [1.807, 2.05) is 6.92 Å². The maximum Gasteiger partial charge on any atom is 0.107 e. The van der Waals surface area contributed by atoms with Crippen molar-refractivity contribution >= 4 is 11.3 Å². The zero-order valence-electron chi connectivity index (χ0n) is 11.1. The van der Waals surface area contributed by atoms with Crippen molar-refractivity contribution in [1.29, 1.82) is 0 Å². The summed E-state index contributed by atoms with van der Waals surface area (Å²) in [4.78, 5) is 4.48. The molecule has 2 aromatic rings. The Hall–Kier alpha value is -1.23. The number of benzene rings is 1. The first-order chi connectivity index (χ1) is 9.33. The van der Waals surface area contributed by atoms with Gasteiger partial charge in [0.05, 0.1) is 0 Å². The molecule has 1 aliphatic heterocycles. The van der Waals surface area contributed by atoms with E-state index in [0.29, 0.717) is 5.92 Å². The molecule has 0 spiro atoms. The Bertz CT molecular complexity index is 550. The van der Waals surface area contributed by atoms with Gasteiger partial charge in [0.15, 0.2) is 0 Å². The SMILES string of the molecule is Cc1csc(CNCC2CNCc3ccccc32)n1. The quantitative estimate of drug-likeness (QED) is 0.898. The molecule has 0 radical (unpaired) electrons. The first-order valence-corrected chi connectivity index (χ1v) is 7.61. The zero-order valence-corrected chi connectivity index (χ0v) is 12.0. The molecule has 100 valence electrons. The minimum absolute atomic E-state index is 0.561. The maximum atomic E-state index is 4.48. The molecular formula is C15H19N3S. The summed E-state index contributed by atoms with van der Waals surface area (Å²) >= 11 is 1.73. The molecule has 3 nitrogen and oxygen atoms in total. The smallest absolute Gasteiger partial charge is 0.107 e. The van der Waals surface area contributed by atoms with E-state index in [1.54, 1.807) is 11.3 Å². The molecule has 1 unspecified atom stereocenters. The molecule has 19 heavy (non-hydrogen) atoms. The third-order valence-corrected chi connectivity index (χ3v) is 4.50. The second-order valence-corrected chi connectivity index (χ2v) is 5.98. The van der Waals surface area contributed by atoms with Gasteiger partial charge in [0.25, 0.3) is 0 Å². The van der Waals surface area contributed by atoms with E-state index in [4.69, 9.17) is 0 Å². The van der Waals surface area contributed by atoms with Crippen LogP contribution in [-0.2, 0) is 13.1 Å². The van der Waals surface area contributed by atoms with Crippen LogP contribution in [0.4, 0.5) is 0 Å². The van der Waals surface area contributed by atoms with Gasteiger partial charge in [-0.2, -0.15) is 0 Å². The lowest BCUT2D eigenvalue weighted by Crippen LogP contribution is -2.34. The van der Waals surface area contributed by atoms with Crippen LogP contribution in [0.2, 0.25) is 0 Å². The van der Waals surface area contributed by atoms with Crippen molar-refractivity contribution in [3.8, 4) is 0 Å². The summed E-state index contributed by atoms with van der Waals surface area (Å²) in [6, 6.07) is 8.74. The fourth-order valence-corrected chi connectivity index (χ4v) is 3.35. The van der Waals surface area contributed by atoms with Crippen LogP contribution in [0.15, 0.2) is 29.6 Å². The molecule has 0 aliphatic carbocycles. The molecule has 1 aromatic carbocycles. The van der Waals surface area contributed by atoms with Crippen LogP contribution in [0.5, 0.6) is 0 Å². The number of aryl methyl sites for hydroxylation is 1. The predicted octanol–water partition coefficient (Wildman–Crippen LogP) is 2.43. The van der Waals surface area contributed by atoms with Gasteiger partial charge in [-0.3, -0.25) is 0 Å². The Labute approximate surface area is 118 Å². The Morgan fingerprint density at radius 2 is 2.32 bits per heavy atom. The summed E-state index contributed by atoms with van der Waals surface area (Å²) in [5.41, 5.74) is 4.04. The maximum absolute atomic E-state index is 4.48. The van der Waals surface area contributed by atoms with Crippen LogP contribution in [0, 0.1) is 6.92 Å². The van der Waals surface area contributed by atoms with E-state index in [0.717, 1.165) is 31.9 Å². The molecule has 2 N–H and O–H groups in total. The third-order valence-electron chi connectivity index (χ3n) is 3.53. The Balaban J connectivity index is 1.59. The number of rotatable bonds is 4. The van der Waals surface area contributed by atoms with Crippen LogP contribution in [0.3, 0.4) is 0 Å². The minimum atomic E-state index is 0.561. The molecule has 1 aromatic heterocycles. The number of thiazole rings is 1. The molecule has 0 bridgehead atoms. The van der Waals surface area contributed by atoms with Crippen molar-refractivity contribution in [3.63, 3.8) is 0 Å². The highest BCUT2D eigenvalue weighted by Crippen LogP contribution is 2.23. The van der Waals surface area contributed by atoms with E-state index in [1.165, 1.54) is 16.1 Å². The molecule has 4 heteroatoms. The third kappa shape index (κ3) is 3.03. The van der Waals surface area contributed by atoms with Crippen molar-refractivity contribution in [3.05, 3.63) is 51.5 Å². The van der Waals surface area contributed by atoms with E-state index < -0.39 is 0 Å². The number of nitrogens with zero attached hydrogens (tertiary/aromatic N) is 1. The summed E-state index contributed by atoms with van der Waals surface area (Å²) < 4.78 is 0. The van der Waals surface area contributed by atoms with Crippen LogP contribution < -0.4 is 10.6 Å². The van der Waals surface area contributed by atoms with Gasteiger partial charge in [0.2, 0.25) is 0 Å². The number of aromatic nitrogens is 1. The van der Waals surface area contributed by atoms with Crippen LogP contribution in [-0.4, -0.2) is 18.1 Å². The average Bonchev–Trinajstić information content (AvgIpc) is 2.85.